The van der Waals surface area contributed by atoms with Crippen LogP contribution in [-0.2, 0) is 22.6 Å². The number of benzene rings is 1. The molecular weight excluding hydrogens is 396 g/mol. The maximum Gasteiger partial charge on any atom is 0.410 e. The molecule has 1 saturated heterocycles. The van der Waals surface area contributed by atoms with E-state index in [0.717, 1.165) is 18.5 Å². The highest BCUT2D eigenvalue weighted by molar-refractivity contribution is 5.88. The molecule has 1 aliphatic heterocycles. The lowest BCUT2D eigenvalue weighted by atomic mass is 10.1. The van der Waals surface area contributed by atoms with E-state index >= 15 is 0 Å². The second-order valence-electron chi connectivity index (χ2n) is 6.64. The Labute approximate surface area is 176 Å². The second-order valence-corrected chi connectivity index (χ2v) is 6.64. The van der Waals surface area contributed by atoms with Gasteiger partial charge in [-0.2, -0.15) is 5.10 Å². The Morgan fingerprint density at radius 2 is 2.03 bits per heavy atom. The zero-order valence-electron chi connectivity index (χ0n) is 16.5. The van der Waals surface area contributed by atoms with Crippen molar-refractivity contribution in [3.05, 3.63) is 53.9 Å². The third-order valence-corrected chi connectivity index (χ3v) is 4.57. The van der Waals surface area contributed by atoms with Crippen LogP contribution in [0.5, 0.6) is 0 Å². The molecule has 0 spiro atoms. The van der Waals surface area contributed by atoms with Crippen molar-refractivity contribution in [2.75, 3.05) is 26.2 Å². The van der Waals surface area contributed by atoms with Crippen LogP contribution in [0.15, 0.2) is 42.7 Å². The summed E-state index contributed by atoms with van der Waals surface area (Å²) in [6, 6.07) is 9.79. The summed E-state index contributed by atoms with van der Waals surface area (Å²) in [5.74, 6) is -0.364. The Hall–Kier alpha value is -2.58. The first-order valence-corrected chi connectivity index (χ1v) is 9.54. The summed E-state index contributed by atoms with van der Waals surface area (Å²) in [5, 5.41) is 7.62. The zero-order chi connectivity index (χ0) is 19.8. The molecule has 0 unspecified atom stereocenters. The Balaban J connectivity index is 0.00000300. The van der Waals surface area contributed by atoms with Crippen LogP contribution in [0.25, 0.3) is 0 Å². The highest BCUT2D eigenvalue weighted by atomic mass is 35.5. The lowest BCUT2D eigenvalue weighted by Gasteiger charge is -2.33. The van der Waals surface area contributed by atoms with Crippen LogP contribution in [0.1, 0.15) is 29.3 Å². The number of aromatic nitrogens is 2. The van der Waals surface area contributed by atoms with Crippen molar-refractivity contribution in [3.63, 3.8) is 0 Å². The second kappa shape index (κ2) is 11.4. The predicted molar refractivity (Wildman–Crippen MR) is 110 cm³/mol. The first-order valence-electron chi connectivity index (χ1n) is 9.54. The number of halogens is 1. The number of ether oxygens (including phenoxy) is 2. The lowest BCUT2D eigenvalue weighted by Crippen LogP contribution is -2.52. The van der Waals surface area contributed by atoms with E-state index < -0.39 is 0 Å². The van der Waals surface area contributed by atoms with Gasteiger partial charge >= 0.3 is 12.1 Å². The maximum absolute atomic E-state index is 12.3. The molecule has 1 atom stereocenters. The Bertz CT molecular complexity index is 784. The molecule has 1 aromatic heterocycles. The van der Waals surface area contributed by atoms with Gasteiger partial charge in [0.1, 0.15) is 6.61 Å². The topological polar surface area (TPSA) is 85.7 Å². The van der Waals surface area contributed by atoms with Gasteiger partial charge in [-0.05, 0) is 18.9 Å². The van der Waals surface area contributed by atoms with E-state index in [-0.39, 0.29) is 37.1 Å². The Morgan fingerprint density at radius 1 is 1.24 bits per heavy atom. The van der Waals surface area contributed by atoms with Crippen molar-refractivity contribution in [1.29, 1.82) is 0 Å². The Morgan fingerprint density at radius 3 is 2.79 bits per heavy atom. The standard InChI is InChI=1S/C20H26N4O4.ClH/c1-2-27-19(25)17-12-22-24(13-17)10-8-18-14-23(11-9-21-18)20(26)28-15-16-6-4-3-5-7-16;/h3-7,12-13,18,21H,2,8-11,14-15H2,1H3;1H/t18-;/m1./s1. The zero-order valence-corrected chi connectivity index (χ0v) is 17.3. The van der Waals surface area contributed by atoms with Crippen molar-refractivity contribution in [2.45, 2.75) is 32.5 Å². The molecule has 3 rings (SSSR count). The number of hydrogen-bond acceptors (Lipinski definition) is 6. The van der Waals surface area contributed by atoms with Gasteiger partial charge in [0, 0.05) is 38.4 Å². The third-order valence-electron chi connectivity index (χ3n) is 4.57. The van der Waals surface area contributed by atoms with E-state index in [9.17, 15) is 9.59 Å². The van der Waals surface area contributed by atoms with Crippen LogP contribution < -0.4 is 5.32 Å². The number of nitrogens with one attached hydrogen (secondary N) is 1. The summed E-state index contributed by atoms with van der Waals surface area (Å²) < 4.78 is 12.1. The molecule has 158 valence electrons. The van der Waals surface area contributed by atoms with E-state index in [1.165, 1.54) is 6.20 Å². The summed E-state index contributed by atoms with van der Waals surface area (Å²) in [6.07, 6.45) is 3.69. The lowest BCUT2D eigenvalue weighted by molar-refractivity contribution is 0.0526. The molecule has 29 heavy (non-hydrogen) atoms. The number of carbonyl (C=O) groups excluding carboxylic acids is 2. The summed E-state index contributed by atoms with van der Waals surface area (Å²) >= 11 is 0. The molecule has 1 fully saturated rings. The van der Waals surface area contributed by atoms with Crippen LogP contribution in [0, 0.1) is 0 Å². The fourth-order valence-electron chi connectivity index (χ4n) is 3.09. The smallest absolute Gasteiger partial charge is 0.410 e. The van der Waals surface area contributed by atoms with Gasteiger partial charge < -0.3 is 19.7 Å². The van der Waals surface area contributed by atoms with Gasteiger partial charge in [0.05, 0.1) is 18.4 Å². The van der Waals surface area contributed by atoms with Gasteiger partial charge in [-0.3, -0.25) is 4.68 Å². The number of piperazine rings is 1. The predicted octanol–water partition coefficient (Wildman–Crippen LogP) is 2.48. The van der Waals surface area contributed by atoms with E-state index in [4.69, 9.17) is 9.47 Å². The average Bonchev–Trinajstić information content (AvgIpc) is 3.21. The fraction of sp³-hybridized carbons (Fsp3) is 0.450. The number of aryl methyl sites for hydroxylation is 1. The maximum atomic E-state index is 12.3. The molecule has 1 aromatic carbocycles. The first-order chi connectivity index (χ1) is 13.7. The highest BCUT2D eigenvalue weighted by Gasteiger charge is 2.24. The largest absolute Gasteiger partial charge is 0.462 e. The van der Waals surface area contributed by atoms with Crippen molar-refractivity contribution in [3.8, 4) is 0 Å². The highest BCUT2D eigenvalue weighted by Crippen LogP contribution is 2.09. The van der Waals surface area contributed by atoms with Crippen LogP contribution in [0.2, 0.25) is 0 Å². The van der Waals surface area contributed by atoms with Gasteiger partial charge in [0.2, 0.25) is 0 Å². The molecule has 1 N–H and O–H groups in total. The molecule has 2 aromatic rings. The number of rotatable bonds is 7. The van der Waals surface area contributed by atoms with Gasteiger partial charge in [-0.25, -0.2) is 9.59 Å². The summed E-state index contributed by atoms with van der Waals surface area (Å²) in [5.41, 5.74) is 1.42. The monoisotopic (exact) mass is 422 g/mol. The van der Waals surface area contributed by atoms with Crippen molar-refractivity contribution in [2.24, 2.45) is 0 Å². The summed E-state index contributed by atoms with van der Waals surface area (Å²) in [6.45, 7) is 4.96. The number of carbonyl (C=O) groups is 2. The van der Waals surface area contributed by atoms with Crippen LogP contribution in [0.4, 0.5) is 4.79 Å². The molecule has 8 nitrogen and oxygen atoms in total. The normalized spacial score (nSPS) is 16.0. The van der Waals surface area contributed by atoms with Crippen molar-refractivity contribution < 1.29 is 19.1 Å². The minimum atomic E-state index is -0.364. The van der Waals surface area contributed by atoms with Gasteiger partial charge in [0.15, 0.2) is 0 Å². The van der Waals surface area contributed by atoms with Gasteiger partial charge in [-0.1, -0.05) is 30.3 Å². The quantitative estimate of drug-likeness (QED) is 0.690. The summed E-state index contributed by atoms with van der Waals surface area (Å²) in [4.78, 5) is 25.8. The van der Waals surface area contributed by atoms with Gasteiger partial charge in [-0.15, -0.1) is 12.4 Å². The van der Waals surface area contributed by atoms with E-state index in [2.05, 4.69) is 10.4 Å². The average molecular weight is 423 g/mol. The molecule has 9 heteroatoms. The molecular formula is C20H27ClN4O4. The number of nitrogens with zero attached hydrogens (tertiary/aromatic N) is 3. The minimum Gasteiger partial charge on any atom is -0.462 e. The van der Waals surface area contributed by atoms with Crippen molar-refractivity contribution >= 4 is 24.5 Å². The van der Waals surface area contributed by atoms with Gasteiger partial charge in [0.25, 0.3) is 0 Å². The SMILES string of the molecule is CCOC(=O)c1cnn(CC[C@@H]2CN(C(=O)OCc3ccccc3)CCN2)c1.Cl. The minimum absolute atomic E-state index is 0. The fourth-order valence-corrected chi connectivity index (χ4v) is 3.09. The molecule has 2 heterocycles. The Kier molecular flexibility index (Phi) is 8.95. The van der Waals surface area contributed by atoms with E-state index in [1.54, 1.807) is 22.7 Å². The molecule has 0 bridgehead atoms. The molecule has 0 aliphatic carbocycles. The van der Waals surface area contributed by atoms with E-state index in [0.29, 0.717) is 31.8 Å². The summed E-state index contributed by atoms with van der Waals surface area (Å²) in [7, 11) is 0. The number of esters is 1. The van der Waals surface area contributed by atoms with E-state index in [1.807, 2.05) is 30.3 Å². The first kappa shape index (κ1) is 22.7. The molecule has 0 saturated carbocycles. The molecule has 1 amide bonds. The van der Waals surface area contributed by atoms with Crippen LogP contribution in [-0.4, -0.2) is 59.0 Å². The van der Waals surface area contributed by atoms with Crippen LogP contribution in [0.3, 0.4) is 0 Å². The number of hydrogen-bond donors (Lipinski definition) is 1. The third kappa shape index (κ3) is 6.76. The molecule has 1 aliphatic rings. The van der Waals surface area contributed by atoms with Crippen LogP contribution >= 0.6 is 12.4 Å². The number of amides is 1. The molecule has 0 radical (unpaired) electrons. The van der Waals surface area contributed by atoms with Crippen molar-refractivity contribution in [1.82, 2.24) is 20.0 Å².